The monoisotopic (exact) mass is 315 g/mol. The lowest BCUT2D eigenvalue weighted by molar-refractivity contribution is 0.242. The molecular formula is C13H17NO6S. The number of rotatable bonds is 5. The number of benzene rings is 1. The van der Waals surface area contributed by atoms with Crippen LogP contribution in [0.1, 0.15) is 17.1 Å². The Balaban J connectivity index is 0.000000383. The van der Waals surface area contributed by atoms with Crippen molar-refractivity contribution >= 4 is 10.4 Å². The second-order valence-electron chi connectivity index (χ2n) is 4.06. The van der Waals surface area contributed by atoms with Crippen molar-refractivity contribution in [2.75, 3.05) is 0 Å². The Morgan fingerprint density at radius 3 is 2.05 bits per heavy atom. The summed E-state index contributed by atoms with van der Waals surface area (Å²) in [5.41, 5.74) is 1.25. The van der Waals surface area contributed by atoms with Crippen molar-refractivity contribution in [1.82, 2.24) is 5.32 Å². The molecule has 4 N–H and O–H groups in total. The molecule has 1 aromatic carbocycles. The lowest BCUT2D eigenvalue weighted by Gasteiger charge is -2.02. The highest BCUT2D eigenvalue weighted by atomic mass is 32.3. The van der Waals surface area contributed by atoms with Crippen molar-refractivity contribution in [2.24, 2.45) is 0 Å². The van der Waals surface area contributed by atoms with Crippen molar-refractivity contribution in [3.8, 4) is 0 Å². The molecule has 7 nitrogen and oxygen atoms in total. The molecular weight excluding hydrogens is 298 g/mol. The van der Waals surface area contributed by atoms with Crippen LogP contribution in [0.3, 0.4) is 0 Å². The summed E-state index contributed by atoms with van der Waals surface area (Å²) >= 11 is 0. The van der Waals surface area contributed by atoms with Crippen LogP contribution in [-0.2, 0) is 30.1 Å². The normalized spacial score (nSPS) is 10.8. The largest absolute Gasteiger partial charge is 0.462 e. The topological polar surface area (TPSA) is 120 Å². The summed E-state index contributed by atoms with van der Waals surface area (Å²) in [6.45, 7) is 1.45. The molecule has 0 aliphatic heterocycles. The molecule has 116 valence electrons. The van der Waals surface area contributed by atoms with E-state index in [0.29, 0.717) is 12.3 Å². The predicted octanol–water partition coefficient (Wildman–Crippen LogP) is 1.41. The first-order valence-corrected chi connectivity index (χ1v) is 7.41. The van der Waals surface area contributed by atoms with E-state index in [1.807, 2.05) is 24.3 Å². The van der Waals surface area contributed by atoms with Crippen LogP contribution in [0.4, 0.5) is 0 Å². The molecule has 2 aromatic rings. The molecule has 0 atom stereocenters. The first-order chi connectivity index (χ1) is 9.88. The van der Waals surface area contributed by atoms with Crippen LogP contribution in [0.5, 0.6) is 0 Å². The zero-order chi connectivity index (χ0) is 15.7. The lowest BCUT2D eigenvalue weighted by atomic mass is 10.2. The number of hydrogen-bond donors (Lipinski definition) is 4. The van der Waals surface area contributed by atoms with Gasteiger partial charge in [0, 0.05) is 6.54 Å². The van der Waals surface area contributed by atoms with E-state index in [1.165, 1.54) is 5.56 Å². The summed E-state index contributed by atoms with van der Waals surface area (Å²) in [6, 6.07) is 13.9. The molecule has 8 heteroatoms. The molecule has 0 bridgehead atoms. The summed E-state index contributed by atoms with van der Waals surface area (Å²) in [4.78, 5) is 0. The fraction of sp³-hybridized carbons (Fsp3) is 0.231. The van der Waals surface area contributed by atoms with Crippen molar-refractivity contribution in [3.63, 3.8) is 0 Å². The van der Waals surface area contributed by atoms with Gasteiger partial charge in [-0.05, 0) is 17.7 Å². The summed E-state index contributed by atoms with van der Waals surface area (Å²) in [7, 11) is -4.67. The second kappa shape index (κ2) is 8.55. The van der Waals surface area contributed by atoms with E-state index in [1.54, 1.807) is 6.07 Å². The van der Waals surface area contributed by atoms with E-state index in [0.717, 1.165) is 12.3 Å². The highest BCUT2D eigenvalue weighted by Gasteiger charge is 2.00. The van der Waals surface area contributed by atoms with E-state index in [9.17, 15) is 0 Å². The minimum Gasteiger partial charge on any atom is -0.462 e. The van der Waals surface area contributed by atoms with Crippen molar-refractivity contribution in [2.45, 2.75) is 19.7 Å². The number of hydrogen-bond acceptors (Lipinski definition) is 5. The molecule has 2 rings (SSSR count). The van der Waals surface area contributed by atoms with Crippen molar-refractivity contribution < 1.29 is 27.0 Å². The predicted molar refractivity (Wildman–Crippen MR) is 75.8 cm³/mol. The van der Waals surface area contributed by atoms with Crippen molar-refractivity contribution in [1.29, 1.82) is 0 Å². The summed E-state index contributed by atoms with van der Waals surface area (Å²) < 4.78 is 36.9. The third-order valence-electron chi connectivity index (χ3n) is 2.34. The first-order valence-electron chi connectivity index (χ1n) is 6.01. The van der Waals surface area contributed by atoms with Gasteiger partial charge >= 0.3 is 10.4 Å². The lowest BCUT2D eigenvalue weighted by Crippen LogP contribution is -2.11. The van der Waals surface area contributed by atoms with Crippen LogP contribution in [0, 0.1) is 0 Å². The van der Waals surface area contributed by atoms with Gasteiger partial charge in [0.25, 0.3) is 0 Å². The third-order valence-corrected chi connectivity index (χ3v) is 2.34. The Labute approximate surface area is 122 Å². The Hall–Kier alpha value is -1.71. The molecule has 0 saturated carbocycles. The highest BCUT2D eigenvalue weighted by molar-refractivity contribution is 7.79. The van der Waals surface area contributed by atoms with Gasteiger partial charge in [0.2, 0.25) is 0 Å². The van der Waals surface area contributed by atoms with Crippen LogP contribution >= 0.6 is 0 Å². The SMILES string of the molecule is O=S(=O)(O)O.OCc1ccc(CNCc2ccccc2)o1. The number of nitrogens with one attached hydrogen (secondary N) is 1. The molecule has 1 heterocycles. The zero-order valence-corrected chi connectivity index (χ0v) is 12.0. The van der Waals surface area contributed by atoms with Gasteiger partial charge in [-0.1, -0.05) is 30.3 Å². The molecule has 0 aliphatic carbocycles. The highest BCUT2D eigenvalue weighted by Crippen LogP contribution is 2.07. The van der Waals surface area contributed by atoms with Gasteiger partial charge in [0.05, 0.1) is 6.54 Å². The van der Waals surface area contributed by atoms with Crippen LogP contribution in [-0.4, -0.2) is 22.6 Å². The standard InChI is InChI=1S/C13H15NO2.H2O4S/c15-10-13-7-6-12(16-13)9-14-8-11-4-2-1-3-5-11;1-5(2,3)4/h1-7,14-15H,8-10H2;(H2,1,2,3,4). The summed E-state index contributed by atoms with van der Waals surface area (Å²) in [5.74, 6) is 1.46. The van der Waals surface area contributed by atoms with Gasteiger partial charge in [0.15, 0.2) is 0 Å². The zero-order valence-electron chi connectivity index (χ0n) is 11.1. The maximum Gasteiger partial charge on any atom is 0.394 e. The van der Waals surface area contributed by atoms with Gasteiger partial charge < -0.3 is 14.8 Å². The van der Waals surface area contributed by atoms with Gasteiger partial charge in [-0.3, -0.25) is 9.11 Å². The van der Waals surface area contributed by atoms with E-state index < -0.39 is 10.4 Å². The number of aliphatic hydroxyl groups is 1. The van der Waals surface area contributed by atoms with Gasteiger partial charge in [0.1, 0.15) is 18.1 Å². The van der Waals surface area contributed by atoms with Crippen molar-refractivity contribution in [3.05, 3.63) is 59.5 Å². The molecule has 0 fully saturated rings. The molecule has 0 amide bonds. The first kappa shape index (κ1) is 17.3. The maximum absolute atomic E-state index is 8.84. The molecule has 0 saturated heterocycles. The fourth-order valence-electron chi connectivity index (χ4n) is 1.53. The molecule has 0 spiro atoms. The average molecular weight is 315 g/mol. The molecule has 21 heavy (non-hydrogen) atoms. The summed E-state index contributed by atoms with van der Waals surface area (Å²) in [6.07, 6.45) is 0. The van der Waals surface area contributed by atoms with Gasteiger partial charge in [-0.15, -0.1) is 0 Å². The quantitative estimate of drug-likeness (QED) is 0.616. The Bertz CT molecular complexity index is 615. The molecule has 0 unspecified atom stereocenters. The minimum absolute atomic E-state index is 0.0430. The second-order valence-corrected chi connectivity index (χ2v) is 4.96. The molecule has 0 aliphatic rings. The Kier molecular flexibility index (Phi) is 7.06. The maximum atomic E-state index is 8.84. The van der Waals surface area contributed by atoms with E-state index in [2.05, 4.69) is 17.4 Å². The van der Waals surface area contributed by atoms with Crippen LogP contribution in [0.25, 0.3) is 0 Å². The smallest absolute Gasteiger partial charge is 0.394 e. The van der Waals surface area contributed by atoms with Crippen LogP contribution in [0.2, 0.25) is 0 Å². The fourth-order valence-corrected chi connectivity index (χ4v) is 1.53. The Morgan fingerprint density at radius 2 is 1.52 bits per heavy atom. The third kappa shape index (κ3) is 8.95. The van der Waals surface area contributed by atoms with E-state index >= 15 is 0 Å². The Morgan fingerprint density at radius 1 is 0.952 bits per heavy atom. The van der Waals surface area contributed by atoms with E-state index in [4.69, 9.17) is 27.0 Å². The van der Waals surface area contributed by atoms with Crippen LogP contribution in [0.15, 0.2) is 46.9 Å². The minimum atomic E-state index is -4.67. The number of aliphatic hydroxyl groups excluding tert-OH is 1. The summed E-state index contributed by atoms with van der Waals surface area (Å²) in [5, 5.41) is 12.1. The van der Waals surface area contributed by atoms with Crippen LogP contribution < -0.4 is 5.32 Å². The molecule has 1 aromatic heterocycles. The molecule has 0 radical (unpaired) electrons. The average Bonchev–Trinajstić information content (AvgIpc) is 2.86. The van der Waals surface area contributed by atoms with Gasteiger partial charge in [-0.25, -0.2) is 0 Å². The van der Waals surface area contributed by atoms with Gasteiger partial charge in [-0.2, -0.15) is 8.42 Å². The van der Waals surface area contributed by atoms with E-state index in [-0.39, 0.29) is 6.61 Å². The number of furan rings is 1.